The monoisotopic (exact) mass is 236 g/mol. The van der Waals surface area contributed by atoms with Crippen LogP contribution in [0.3, 0.4) is 0 Å². The molecule has 0 amide bonds. The van der Waals surface area contributed by atoms with Gasteiger partial charge in [0.15, 0.2) is 12.2 Å². The molecule has 4 N–H and O–H groups in total. The van der Waals surface area contributed by atoms with E-state index in [1.165, 1.54) is 0 Å². The lowest BCUT2D eigenvalue weighted by Crippen LogP contribution is -2.25. The van der Waals surface area contributed by atoms with E-state index in [-0.39, 0.29) is 5.92 Å². The van der Waals surface area contributed by atoms with Crippen LogP contribution in [-0.2, 0) is 9.59 Å². The number of carboxylic acid groups (broad SMARTS) is 2. The number of aliphatic hydroxyl groups is 2. The van der Waals surface area contributed by atoms with E-state index < -0.39 is 24.1 Å². The number of aliphatic hydroxyl groups excluding tert-OH is 2. The molecule has 0 rings (SSSR count). The summed E-state index contributed by atoms with van der Waals surface area (Å²) in [7, 11) is 0. The Kier molecular flexibility index (Phi) is 9.83. The first-order chi connectivity index (χ1) is 7.23. The van der Waals surface area contributed by atoms with Gasteiger partial charge in [-0.25, -0.2) is 9.59 Å². The molecule has 0 aromatic rings. The summed E-state index contributed by atoms with van der Waals surface area (Å²) in [6.07, 6.45) is -1.34. The summed E-state index contributed by atoms with van der Waals surface area (Å²) >= 11 is 0. The van der Waals surface area contributed by atoms with E-state index in [4.69, 9.17) is 20.4 Å². The molecular weight excluding hydrogens is 216 g/mol. The predicted octanol–water partition coefficient (Wildman–Crippen LogP) is 0.320. The van der Waals surface area contributed by atoms with Crippen LogP contribution in [0.5, 0.6) is 0 Å². The molecule has 6 nitrogen and oxygen atoms in total. The second-order valence-electron chi connectivity index (χ2n) is 3.67. The van der Waals surface area contributed by atoms with Crippen molar-refractivity contribution in [3.8, 4) is 0 Å². The van der Waals surface area contributed by atoms with Crippen molar-refractivity contribution in [2.75, 3.05) is 0 Å². The van der Waals surface area contributed by atoms with Crippen molar-refractivity contribution in [3.63, 3.8) is 0 Å². The number of aliphatic carboxylic acids is 2. The minimum absolute atomic E-state index is 0.201. The van der Waals surface area contributed by atoms with Crippen molar-refractivity contribution in [3.05, 3.63) is 0 Å². The number of carboxylic acids is 2. The van der Waals surface area contributed by atoms with E-state index in [0.29, 0.717) is 12.8 Å². The molecule has 0 aliphatic heterocycles. The van der Waals surface area contributed by atoms with Gasteiger partial charge >= 0.3 is 11.9 Å². The fraction of sp³-hybridized carbons (Fsp3) is 0.800. The molecule has 6 heteroatoms. The molecular formula is C10H20O6. The second kappa shape index (κ2) is 9.11. The molecule has 16 heavy (non-hydrogen) atoms. The highest BCUT2D eigenvalue weighted by Crippen LogP contribution is 1.99. The number of carbonyl (C=O) groups is 2. The van der Waals surface area contributed by atoms with Crippen LogP contribution < -0.4 is 0 Å². The van der Waals surface area contributed by atoms with Crippen LogP contribution in [0.15, 0.2) is 0 Å². The zero-order chi connectivity index (χ0) is 13.3. The Balaban J connectivity index is 0. The number of hydrogen-bond donors (Lipinski definition) is 4. The second-order valence-corrected chi connectivity index (χ2v) is 3.67. The highest BCUT2D eigenvalue weighted by molar-refractivity contribution is 5.72. The van der Waals surface area contributed by atoms with Gasteiger partial charge in [0.1, 0.15) is 0 Å². The molecule has 2 unspecified atom stereocenters. The number of hydrogen-bond acceptors (Lipinski definition) is 4. The lowest BCUT2D eigenvalue weighted by molar-refractivity contribution is -0.149. The zero-order valence-corrected chi connectivity index (χ0v) is 9.75. The smallest absolute Gasteiger partial charge is 0.332 e. The third-order valence-electron chi connectivity index (χ3n) is 1.73. The van der Waals surface area contributed by atoms with Gasteiger partial charge in [-0.15, -0.1) is 0 Å². The van der Waals surface area contributed by atoms with Gasteiger partial charge in [0.25, 0.3) is 0 Å². The van der Waals surface area contributed by atoms with Crippen LogP contribution in [0.4, 0.5) is 0 Å². The maximum absolute atomic E-state index is 9.89. The fourth-order valence-electron chi connectivity index (χ4n) is 0.682. The van der Waals surface area contributed by atoms with Crippen LogP contribution in [-0.4, -0.2) is 44.6 Å². The van der Waals surface area contributed by atoms with Crippen molar-refractivity contribution in [1.29, 1.82) is 0 Å². The van der Waals surface area contributed by atoms with Crippen LogP contribution in [0.1, 0.15) is 33.6 Å². The van der Waals surface area contributed by atoms with Gasteiger partial charge in [-0.05, 0) is 12.3 Å². The van der Waals surface area contributed by atoms with Crippen LogP contribution in [0.2, 0.25) is 0 Å². The number of rotatable bonds is 5. The highest BCUT2D eigenvalue weighted by atomic mass is 16.4. The van der Waals surface area contributed by atoms with Crippen molar-refractivity contribution in [2.45, 2.75) is 45.8 Å². The molecule has 96 valence electrons. The summed E-state index contributed by atoms with van der Waals surface area (Å²) in [6, 6.07) is 0. The summed E-state index contributed by atoms with van der Waals surface area (Å²) in [5.41, 5.74) is 0. The standard InChI is InChI=1S/2C5H10O3/c1-3(2)4(6)5(7)8;1-2-3-4(6)5(7)8/h3-4,6H,1-2H3,(H,7,8);4,6H,2-3H2,1H3,(H,7,8). The van der Waals surface area contributed by atoms with E-state index >= 15 is 0 Å². The topological polar surface area (TPSA) is 115 Å². The average Bonchev–Trinajstić information content (AvgIpc) is 2.17. The molecule has 0 aliphatic carbocycles. The van der Waals surface area contributed by atoms with Crippen molar-refractivity contribution < 1.29 is 30.0 Å². The van der Waals surface area contributed by atoms with Gasteiger partial charge in [0.05, 0.1) is 0 Å². The maximum Gasteiger partial charge on any atom is 0.332 e. The van der Waals surface area contributed by atoms with E-state index in [1.54, 1.807) is 13.8 Å². The van der Waals surface area contributed by atoms with Crippen LogP contribution >= 0.6 is 0 Å². The molecule has 0 saturated heterocycles. The first kappa shape index (κ1) is 17.3. The third kappa shape index (κ3) is 9.42. The fourth-order valence-corrected chi connectivity index (χ4v) is 0.682. The Morgan fingerprint density at radius 3 is 1.56 bits per heavy atom. The van der Waals surface area contributed by atoms with Crippen molar-refractivity contribution in [2.24, 2.45) is 5.92 Å². The van der Waals surface area contributed by atoms with Gasteiger partial charge in [-0.1, -0.05) is 27.2 Å². The van der Waals surface area contributed by atoms with Crippen molar-refractivity contribution >= 4 is 11.9 Å². The molecule has 0 bridgehead atoms. The molecule has 2 atom stereocenters. The normalized spacial score (nSPS) is 13.6. The predicted molar refractivity (Wildman–Crippen MR) is 57.0 cm³/mol. The molecule has 0 aliphatic rings. The molecule has 0 radical (unpaired) electrons. The third-order valence-corrected chi connectivity index (χ3v) is 1.73. The minimum atomic E-state index is -1.21. The summed E-state index contributed by atoms with van der Waals surface area (Å²) in [4.78, 5) is 19.7. The molecule has 0 aromatic carbocycles. The molecule has 0 saturated carbocycles. The van der Waals surface area contributed by atoms with Gasteiger partial charge < -0.3 is 20.4 Å². The Morgan fingerprint density at radius 1 is 1.06 bits per heavy atom. The Hall–Kier alpha value is -1.14. The largest absolute Gasteiger partial charge is 0.479 e. The van der Waals surface area contributed by atoms with E-state index in [0.717, 1.165) is 0 Å². The van der Waals surface area contributed by atoms with E-state index in [1.807, 2.05) is 6.92 Å². The maximum atomic E-state index is 9.89. The minimum Gasteiger partial charge on any atom is -0.479 e. The summed E-state index contributed by atoms with van der Waals surface area (Å²) < 4.78 is 0. The first-order valence-electron chi connectivity index (χ1n) is 5.05. The summed E-state index contributed by atoms with van der Waals surface area (Å²) in [5, 5.41) is 33.3. The van der Waals surface area contributed by atoms with Gasteiger partial charge in [-0.3, -0.25) is 0 Å². The lowest BCUT2D eigenvalue weighted by atomic mass is 10.1. The van der Waals surface area contributed by atoms with E-state index in [2.05, 4.69) is 0 Å². The Morgan fingerprint density at radius 2 is 1.50 bits per heavy atom. The molecule has 0 spiro atoms. The molecule has 0 aromatic heterocycles. The summed E-state index contributed by atoms with van der Waals surface area (Å²) in [5.74, 6) is -2.49. The molecule has 0 heterocycles. The van der Waals surface area contributed by atoms with Crippen LogP contribution in [0.25, 0.3) is 0 Å². The van der Waals surface area contributed by atoms with E-state index in [9.17, 15) is 9.59 Å². The quantitative estimate of drug-likeness (QED) is 0.546. The Bertz CT molecular complexity index is 213. The van der Waals surface area contributed by atoms with Crippen LogP contribution in [0, 0.1) is 5.92 Å². The first-order valence-corrected chi connectivity index (χ1v) is 5.05. The lowest BCUT2D eigenvalue weighted by Gasteiger charge is -2.06. The van der Waals surface area contributed by atoms with Gasteiger partial charge in [0, 0.05) is 0 Å². The van der Waals surface area contributed by atoms with Gasteiger partial charge in [0.2, 0.25) is 0 Å². The van der Waals surface area contributed by atoms with Crippen molar-refractivity contribution in [1.82, 2.24) is 0 Å². The van der Waals surface area contributed by atoms with Gasteiger partial charge in [-0.2, -0.15) is 0 Å². The average molecular weight is 236 g/mol. The highest BCUT2D eigenvalue weighted by Gasteiger charge is 2.16. The Labute approximate surface area is 94.5 Å². The summed E-state index contributed by atoms with van der Waals surface area (Å²) in [6.45, 7) is 5.13. The SMILES string of the molecule is CC(C)C(O)C(=O)O.CCCC(O)C(=O)O. The molecule has 0 fully saturated rings. The zero-order valence-electron chi connectivity index (χ0n) is 9.75.